The van der Waals surface area contributed by atoms with Gasteiger partial charge in [-0.2, -0.15) is 0 Å². The van der Waals surface area contributed by atoms with Crippen molar-refractivity contribution in [1.82, 2.24) is 0 Å². The minimum Gasteiger partial charge on any atom is -0.508 e. The van der Waals surface area contributed by atoms with Crippen molar-refractivity contribution in [1.29, 1.82) is 0 Å². The molecule has 0 atom stereocenters. The lowest BCUT2D eigenvalue weighted by atomic mass is 10.1. The molecule has 1 rings (SSSR count). The summed E-state index contributed by atoms with van der Waals surface area (Å²) in [5.41, 5.74) is 2.24. The first kappa shape index (κ1) is 8.59. The van der Waals surface area contributed by atoms with Crippen molar-refractivity contribution >= 4 is 5.71 Å². The second-order valence-corrected chi connectivity index (χ2v) is 2.68. The van der Waals surface area contributed by atoms with Crippen LogP contribution in [0.1, 0.15) is 18.1 Å². The van der Waals surface area contributed by atoms with Gasteiger partial charge < -0.3 is 10.3 Å². The minimum absolute atomic E-state index is 0.179. The molecule has 0 saturated heterocycles. The highest BCUT2D eigenvalue weighted by molar-refractivity contribution is 5.99. The minimum atomic E-state index is 0.179. The van der Waals surface area contributed by atoms with Gasteiger partial charge in [-0.25, -0.2) is 0 Å². The monoisotopic (exact) mass is 165 g/mol. The quantitative estimate of drug-likeness (QED) is 0.379. The summed E-state index contributed by atoms with van der Waals surface area (Å²) < 4.78 is 0. The van der Waals surface area contributed by atoms with E-state index in [9.17, 15) is 0 Å². The van der Waals surface area contributed by atoms with Gasteiger partial charge in [0.15, 0.2) is 0 Å². The van der Waals surface area contributed by atoms with Crippen LogP contribution in [-0.4, -0.2) is 16.0 Å². The van der Waals surface area contributed by atoms with E-state index < -0.39 is 0 Å². The number of aryl methyl sites for hydroxylation is 1. The molecule has 0 spiro atoms. The van der Waals surface area contributed by atoms with Crippen LogP contribution in [0.2, 0.25) is 0 Å². The lowest BCUT2D eigenvalue weighted by Gasteiger charge is -2.03. The van der Waals surface area contributed by atoms with Crippen LogP contribution in [0.4, 0.5) is 0 Å². The molecule has 64 valence electrons. The van der Waals surface area contributed by atoms with E-state index in [1.165, 1.54) is 0 Å². The lowest BCUT2D eigenvalue weighted by Crippen LogP contribution is -1.97. The Balaban J connectivity index is 3.23. The van der Waals surface area contributed by atoms with E-state index in [0.717, 1.165) is 11.1 Å². The number of rotatable bonds is 1. The van der Waals surface area contributed by atoms with Gasteiger partial charge in [-0.05, 0) is 31.5 Å². The van der Waals surface area contributed by atoms with Crippen molar-refractivity contribution in [3.63, 3.8) is 0 Å². The predicted molar refractivity (Wildman–Crippen MR) is 46.8 cm³/mol. The van der Waals surface area contributed by atoms with E-state index >= 15 is 0 Å². The Hall–Kier alpha value is -1.51. The molecule has 3 nitrogen and oxygen atoms in total. The van der Waals surface area contributed by atoms with Crippen LogP contribution >= 0.6 is 0 Å². The van der Waals surface area contributed by atoms with Gasteiger partial charge in [0.05, 0.1) is 5.71 Å². The molecule has 12 heavy (non-hydrogen) atoms. The molecule has 1 aromatic carbocycles. The summed E-state index contributed by atoms with van der Waals surface area (Å²) in [5.74, 6) is 0.179. The third-order valence-corrected chi connectivity index (χ3v) is 1.76. The second kappa shape index (κ2) is 3.26. The molecule has 0 heterocycles. The van der Waals surface area contributed by atoms with Gasteiger partial charge >= 0.3 is 0 Å². The van der Waals surface area contributed by atoms with Crippen LogP contribution < -0.4 is 0 Å². The Kier molecular flexibility index (Phi) is 2.33. The van der Waals surface area contributed by atoms with Gasteiger partial charge in [0.2, 0.25) is 0 Å². The lowest BCUT2D eigenvalue weighted by molar-refractivity contribution is 0.319. The van der Waals surface area contributed by atoms with E-state index in [1.54, 1.807) is 25.1 Å². The summed E-state index contributed by atoms with van der Waals surface area (Å²) in [6.45, 7) is 3.57. The highest BCUT2D eigenvalue weighted by atomic mass is 16.4. The molecule has 0 fully saturated rings. The fourth-order valence-electron chi connectivity index (χ4n) is 1.05. The molecule has 0 aliphatic rings. The molecule has 1 aromatic rings. The van der Waals surface area contributed by atoms with Crippen molar-refractivity contribution in [3.8, 4) is 5.75 Å². The zero-order valence-electron chi connectivity index (χ0n) is 7.07. The summed E-state index contributed by atoms with van der Waals surface area (Å²) in [5, 5.41) is 20.7. The predicted octanol–water partition coefficient (Wildman–Crippen LogP) is 1.90. The van der Waals surface area contributed by atoms with Crippen LogP contribution in [0.15, 0.2) is 23.4 Å². The molecule has 3 heteroatoms. The summed E-state index contributed by atoms with van der Waals surface area (Å²) in [7, 11) is 0. The molecular weight excluding hydrogens is 154 g/mol. The SMILES string of the molecule is CC(=NO)c1cc(O)ccc1C. The third-order valence-electron chi connectivity index (χ3n) is 1.76. The Morgan fingerprint density at radius 3 is 2.67 bits per heavy atom. The Labute approximate surface area is 71.0 Å². The van der Waals surface area contributed by atoms with Gasteiger partial charge in [0.25, 0.3) is 0 Å². The summed E-state index contributed by atoms with van der Waals surface area (Å²) in [4.78, 5) is 0. The highest BCUT2D eigenvalue weighted by Crippen LogP contribution is 2.16. The zero-order chi connectivity index (χ0) is 9.14. The van der Waals surface area contributed by atoms with E-state index in [1.807, 2.05) is 6.92 Å². The van der Waals surface area contributed by atoms with Crippen LogP contribution in [-0.2, 0) is 0 Å². The van der Waals surface area contributed by atoms with E-state index in [2.05, 4.69) is 5.16 Å². The summed E-state index contributed by atoms with van der Waals surface area (Å²) in [6, 6.07) is 4.95. The normalized spacial score (nSPS) is 11.7. The maximum atomic E-state index is 9.15. The number of hydrogen-bond acceptors (Lipinski definition) is 3. The molecule has 0 aliphatic heterocycles. The highest BCUT2D eigenvalue weighted by Gasteiger charge is 2.02. The molecule has 0 saturated carbocycles. The number of hydrogen-bond donors (Lipinski definition) is 2. The van der Waals surface area contributed by atoms with Crippen molar-refractivity contribution in [2.75, 3.05) is 0 Å². The molecular formula is C9H11NO2. The molecule has 0 unspecified atom stereocenters. The first-order chi connectivity index (χ1) is 5.65. The Bertz CT molecular complexity index is 318. The smallest absolute Gasteiger partial charge is 0.116 e. The maximum absolute atomic E-state index is 9.15. The van der Waals surface area contributed by atoms with Crippen LogP contribution in [0.5, 0.6) is 5.75 Å². The summed E-state index contributed by atoms with van der Waals surface area (Å²) >= 11 is 0. The Morgan fingerprint density at radius 2 is 2.08 bits per heavy atom. The van der Waals surface area contributed by atoms with Gasteiger partial charge in [0.1, 0.15) is 5.75 Å². The zero-order valence-corrected chi connectivity index (χ0v) is 7.07. The van der Waals surface area contributed by atoms with Gasteiger partial charge in [-0.3, -0.25) is 0 Å². The van der Waals surface area contributed by atoms with Gasteiger partial charge in [-0.1, -0.05) is 11.2 Å². The molecule has 0 aliphatic carbocycles. The second-order valence-electron chi connectivity index (χ2n) is 2.68. The standard InChI is InChI=1S/C9H11NO2/c1-6-3-4-8(11)5-9(6)7(2)10-12/h3-5,11-12H,1-2H3. The van der Waals surface area contributed by atoms with E-state index in [-0.39, 0.29) is 5.75 Å². The molecule has 0 bridgehead atoms. The first-order valence-electron chi connectivity index (χ1n) is 3.64. The van der Waals surface area contributed by atoms with Gasteiger partial charge in [-0.15, -0.1) is 0 Å². The topological polar surface area (TPSA) is 52.8 Å². The van der Waals surface area contributed by atoms with Crippen molar-refractivity contribution in [3.05, 3.63) is 29.3 Å². The average molecular weight is 165 g/mol. The third kappa shape index (κ3) is 1.56. The van der Waals surface area contributed by atoms with Crippen LogP contribution in [0.3, 0.4) is 0 Å². The van der Waals surface area contributed by atoms with Crippen LogP contribution in [0, 0.1) is 6.92 Å². The maximum Gasteiger partial charge on any atom is 0.116 e. The van der Waals surface area contributed by atoms with Crippen molar-refractivity contribution in [2.24, 2.45) is 5.16 Å². The summed E-state index contributed by atoms with van der Waals surface area (Å²) in [6.07, 6.45) is 0. The Morgan fingerprint density at radius 1 is 1.42 bits per heavy atom. The van der Waals surface area contributed by atoms with E-state index in [4.69, 9.17) is 10.3 Å². The van der Waals surface area contributed by atoms with Crippen molar-refractivity contribution < 1.29 is 10.3 Å². The largest absolute Gasteiger partial charge is 0.508 e. The van der Waals surface area contributed by atoms with Gasteiger partial charge in [0, 0.05) is 5.56 Å². The number of aromatic hydroxyl groups is 1. The fourth-order valence-corrected chi connectivity index (χ4v) is 1.05. The number of phenolic OH excluding ortho intramolecular Hbond substituents is 1. The fraction of sp³-hybridized carbons (Fsp3) is 0.222. The number of oxime groups is 1. The van der Waals surface area contributed by atoms with Crippen molar-refractivity contribution in [2.45, 2.75) is 13.8 Å². The molecule has 2 N–H and O–H groups in total. The van der Waals surface area contributed by atoms with Crippen LogP contribution in [0.25, 0.3) is 0 Å². The number of phenols is 1. The molecule has 0 aromatic heterocycles. The molecule has 0 radical (unpaired) electrons. The first-order valence-corrected chi connectivity index (χ1v) is 3.64. The number of nitrogens with zero attached hydrogens (tertiary/aromatic N) is 1. The number of benzene rings is 1. The average Bonchev–Trinajstić information content (AvgIpc) is 2.08. The molecule has 0 amide bonds. The van der Waals surface area contributed by atoms with E-state index in [0.29, 0.717) is 5.71 Å².